The molecule has 90 valence electrons. The smallest absolute Gasteiger partial charge is 0.00882 e. The van der Waals surface area contributed by atoms with Gasteiger partial charge in [-0.05, 0) is 29.5 Å². The Morgan fingerprint density at radius 3 is 2.39 bits per heavy atom. The first-order chi connectivity index (χ1) is 8.90. The van der Waals surface area contributed by atoms with E-state index in [1.165, 1.54) is 16.7 Å². The van der Waals surface area contributed by atoms with E-state index in [1.54, 1.807) is 0 Å². The normalized spacial score (nSPS) is 11.3. The van der Waals surface area contributed by atoms with E-state index >= 15 is 0 Å². The maximum atomic E-state index is 3.66. The molecule has 0 saturated heterocycles. The number of allylic oxidation sites excluding steroid dienone is 2. The molecule has 2 aromatic rings. The maximum Gasteiger partial charge on any atom is -0.00882 e. The maximum absolute atomic E-state index is 3.66. The fraction of sp³-hybridized carbons (Fsp3) is 0.111. The van der Waals surface area contributed by atoms with E-state index in [1.807, 2.05) is 24.3 Å². The van der Waals surface area contributed by atoms with Crippen LogP contribution in [0.3, 0.4) is 0 Å². The first-order valence-electron chi connectivity index (χ1n) is 6.29. The van der Waals surface area contributed by atoms with Crippen molar-refractivity contribution in [1.82, 2.24) is 0 Å². The van der Waals surface area contributed by atoms with E-state index in [9.17, 15) is 0 Å². The molecule has 0 atom stereocenters. The molecule has 18 heavy (non-hydrogen) atoms. The third-order valence-electron chi connectivity index (χ3n) is 2.91. The van der Waals surface area contributed by atoms with E-state index < -0.39 is 0 Å². The monoisotopic (exact) mass is 234 g/mol. The van der Waals surface area contributed by atoms with Crippen LogP contribution in [0.1, 0.15) is 16.7 Å². The number of hydrogen-bond donors (Lipinski definition) is 0. The van der Waals surface area contributed by atoms with Gasteiger partial charge in [0, 0.05) is 0 Å². The Morgan fingerprint density at radius 1 is 0.944 bits per heavy atom. The summed E-state index contributed by atoms with van der Waals surface area (Å²) in [6.07, 6.45) is 8.38. The Labute approximate surface area is 109 Å². The molecule has 0 aromatic heterocycles. The zero-order valence-corrected chi connectivity index (χ0v) is 10.5. The minimum absolute atomic E-state index is 0.973. The van der Waals surface area contributed by atoms with Crippen LogP contribution in [0.5, 0.6) is 0 Å². The summed E-state index contributed by atoms with van der Waals surface area (Å²) in [6, 6.07) is 18.8. The molecule has 0 aliphatic heterocycles. The van der Waals surface area contributed by atoms with Crippen molar-refractivity contribution in [3.8, 4) is 0 Å². The lowest BCUT2D eigenvalue weighted by atomic mass is 10.1. The third kappa shape index (κ3) is 3.46. The summed E-state index contributed by atoms with van der Waals surface area (Å²) >= 11 is 0. The van der Waals surface area contributed by atoms with Crippen molar-refractivity contribution in [2.75, 3.05) is 0 Å². The molecule has 1 aliphatic carbocycles. The summed E-state index contributed by atoms with van der Waals surface area (Å²) in [5.41, 5.74) is 4.17. The molecule has 2 aromatic carbocycles. The fourth-order valence-corrected chi connectivity index (χ4v) is 1.98. The molecule has 0 radical (unpaired) electrons. The fourth-order valence-electron chi connectivity index (χ4n) is 1.98. The first kappa shape index (κ1) is 12.4. The molecule has 0 saturated carbocycles. The van der Waals surface area contributed by atoms with Gasteiger partial charge >= 0.3 is 0 Å². The largest absolute Gasteiger partial charge is 0.103 e. The van der Waals surface area contributed by atoms with Crippen molar-refractivity contribution >= 4 is 6.08 Å². The summed E-state index contributed by atoms with van der Waals surface area (Å²) in [5, 5.41) is 0. The van der Waals surface area contributed by atoms with Crippen LogP contribution in [-0.2, 0) is 12.8 Å². The lowest BCUT2D eigenvalue weighted by Crippen LogP contribution is -1.76. The van der Waals surface area contributed by atoms with Gasteiger partial charge in [-0.3, -0.25) is 0 Å². The molecule has 0 spiro atoms. The van der Waals surface area contributed by atoms with Gasteiger partial charge in [0.15, 0.2) is 0 Å². The van der Waals surface area contributed by atoms with Crippen LogP contribution >= 0.6 is 0 Å². The minimum Gasteiger partial charge on any atom is -0.103 e. The van der Waals surface area contributed by atoms with Crippen molar-refractivity contribution in [2.45, 2.75) is 12.8 Å². The average molecular weight is 234 g/mol. The molecular formula is C18H18. The van der Waals surface area contributed by atoms with E-state index in [-0.39, 0.29) is 0 Å². The number of benzene rings is 2. The summed E-state index contributed by atoms with van der Waals surface area (Å²) in [6.45, 7) is 3.66. The predicted octanol–water partition coefficient (Wildman–Crippen LogP) is 4.67. The molecule has 0 heteroatoms. The molecule has 0 bridgehead atoms. The van der Waals surface area contributed by atoms with Crippen molar-refractivity contribution in [3.63, 3.8) is 0 Å². The predicted molar refractivity (Wildman–Crippen MR) is 79.5 cm³/mol. The van der Waals surface area contributed by atoms with Gasteiger partial charge in [-0.25, -0.2) is 0 Å². The Bertz CT molecular complexity index is 521. The van der Waals surface area contributed by atoms with Gasteiger partial charge in [-0.1, -0.05) is 72.8 Å². The van der Waals surface area contributed by atoms with Gasteiger partial charge in [0.25, 0.3) is 0 Å². The topological polar surface area (TPSA) is 0 Å². The molecule has 0 nitrogen and oxygen atoms in total. The Balaban J connectivity index is 0.000000134. The van der Waals surface area contributed by atoms with Gasteiger partial charge in [-0.15, -0.1) is 6.58 Å². The van der Waals surface area contributed by atoms with Gasteiger partial charge in [0.05, 0.1) is 0 Å². The lowest BCUT2D eigenvalue weighted by Gasteiger charge is -1.93. The van der Waals surface area contributed by atoms with Gasteiger partial charge in [0.2, 0.25) is 0 Å². The van der Waals surface area contributed by atoms with Crippen LogP contribution in [0.4, 0.5) is 0 Å². The summed E-state index contributed by atoms with van der Waals surface area (Å²) < 4.78 is 0. The molecule has 0 heterocycles. The van der Waals surface area contributed by atoms with E-state index in [4.69, 9.17) is 0 Å². The van der Waals surface area contributed by atoms with Crippen molar-refractivity contribution in [2.24, 2.45) is 0 Å². The lowest BCUT2D eigenvalue weighted by molar-refractivity contribution is 1.28. The van der Waals surface area contributed by atoms with Crippen molar-refractivity contribution < 1.29 is 0 Å². The van der Waals surface area contributed by atoms with Gasteiger partial charge in [0.1, 0.15) is 0 Å². The number of fused-ring (bicyclic) bond motifs is 1. The van der Waals surface area contributed by atoms with Gasteiger partial charge in [-0.2, -0.15) is 0 Å². The second kappa shape index (κ2) is 6.61. The van der Waals surface area contributed by atoms with E-state index in [0.717, 1.165) is 12.8 Å². The van der Waals surface area contributed by atoms with Crippen LogP contribution in [-0.4, -0.2) is 0 Å². The second-order valence-electron chi connectivity index (χ2n) is 4.28. The summed E-state index contributed by atoms with van der Waals surface area (Å²) in [4.78, 5) is 0. The number of hydrogen-bond acceptors (Lipinski definition) is 0. The van der Waals surface area contributed by atoms with Crippen LogP contribution in [0, 0.1) is 0 Å². The molecular weight excluding hydrogens is 216 g/mol. The van der Waals surface area contributed by atoms with Crippen LogP contribution in [0.15, 0.2) is 73.3 Å². The highest BCUT2D eigenvalue weighted by molar-refractivity contribution is 5.59. The third-order valence-corrected chi connectivity index (χ3v) is 2.91. The number of rotatable bonds is 2. The van der Waals surface area contributed by atoms with Crippen LogP contribution in [0.2, 0.25) is 0 Å². The highest BCUT2D eigenvalue weighted by atomic mass is 14.0. The van der Waals surface area contributed by atoms with E-state index in [2.05, 4.69) is 55.1 Å². The Kier molecular flexibility index (Phi) is 4.54. The highest BCUT2D eigenvalue weighted by Crippen LogP contribution is 2.17. The molecule has 0 fully saturated rings. The standard InChI is InChI=1S/C9H8.C9H10/c1-2-5-9-7-3-6-8(9)4-1;1-2-6-9-7-4-3-5-8-9/h1-6H,7H2;2-5,7-8H,1,6H2. The molecule has 0 amide bonds. The van der Waals surface area contributed by atoms with Crippen molar-refractivity contribution in [1.29, 1.82) is 0 Å². The minimum atomic E-state index is 0.973. The SMILES string of the molecule is C1=Cc2ccccc2C1.C=CCc1ccccc1. The molecule has 1 aliphatic rings. The summed E-state index contributed by atoms with van der Waals surface area (Å²) in [7, 11) is 0. The van der Waals surface area contributed by atoms with Crippen molar-refractivity contribution in [3.05, 3.63) is 90.0 Å². The first-order valence-corrected chi connectivity index (χ1v) is 6.29. The van der Waals surface area contributed by atoms with E-state index in [0.29, 0.717) is 0 Å². The second-order valence-corrected chi connectivity index (χ2v) is 4.28. The van der Waals surface area contributed by atoms with Crippen LogP contribution < -0.4 is 0 Å². The highest BCUT2D eigenvalue weighted by Gasteiger charge is 2.00. The Hall–Kier alpha value is -2.08. The zero-order chi connectivity index (χ0) is 12.6. The average Bonchev–Trinajstić information content (AvgIpc) is 2.89. The van der Waals surface area contributed by atoms with Gasteiger partial charge < -0.3 is 0 Å². The summed E-state index contributed by atoms with van der Waals surface area (Å²) in [5.74, 6) is 0. The van der Waals surface area contributed by atoms with Crippen LogP contribution in [0.25, 0.3) is 6.08 Å². The zero-order valence-electron chi connectivity index (χ0n) is 10.5. The molecule has 0 N–H and O–H groups in total. The quantitative estimate of drug-likeness (QED) is 0.662. The molecule has 0 unspecified atom stereocenters. The molecule has 3 rings (SSSR count). The Morgan fingerprint density at radius 2 is 1.67 bits per heavy atom.